The van der Waals surface area contributed by atoms with Gasteiger partial charge in [0.25, 0.3) is 0 Å². The van der Waals surface area contributed by atoms with Gasteiger partial charge >= 0.3 is 12.0 Å². The van der Waals surface area contributed by atoms with Crippen molar-refractivity contribution in [3.05, 3.63) is 29.3 Å². The summed E-state index contributed by atoms with van der Waals surface area (Å²) in [6.45, 7) is 0.633. The predicted octanol–water partition coefficient (Wildman–Crippen LogP) is 2.74. The Bertz CT molecular complexity index is 579. The molecule has 5 heteroatoms. The van der Waals surface area contributed by atoms with E-state index in [1.165, 1.54) is 12.8 Å². The molecule has 1 N–H and O–H groups in total. The van der Waals surface area contributed by atoms with Crippen LogP contribution in [0.4, 0.5) is 10.5 Å². The molecule has 0 bridgehead atoms. The van der Waals surface area contributed by atoms with Gasteiger partial charge < -0.3 is 10.0 Å². The third kappa shape index (κ3) is 2.48. The van der Waals surface area contributed by atoms with Crippen LogP contribution in [0, 0.1) is 0 Å². The van der Waals surface area contributed by atoms with Crippen molar-refractivity contribution in [3.63, 3.8) is 0 Å². The fourth-order valence-corrected chi connectivity index (χ4v) is 3.35. The highest BCUT2D eigenvalue weighted by molar-refractivity contribution is 5.97. The van der Waals surface area contributed by atoms with E-state index in [2.05, 4.69) is 0 Å². The molecule has 1 aromatic carbocycles. The molecular formula is C16H20N2O3. The van der Waals surface area contributed by atoms with Gasteiger partial charge in [0.1, 0.15) is 0 Å². The minimum atomic E-state index is -0.957. The van der Waals surface area contributed by atoms with Crippen molar-refractivity contribution < 1.29 is 14.7 Å². The highest BCUT2D eigenvalue weighted by Crippen LogP contribution is 2.31. The summed E-state index contributed by atoms with van der Waals surface area (Å²) in [5.41, 5.74) is 2.04. The Kier molecular flexibility index (Phi) is 3.57. The van der Waals surface area contributed by atoms with E-state index < -0.39 is 5.97 Å². The number of amides is 2. The molecule has 0 saturated heterocycles. The lowest BCUT2D eigenvalue weighted by Crippen LogP contribution is -2.44. The molecule has 3 rings (SSSR count). The zero-order valence-corrected chi connectivity index (χ0v) is 12.2. The van der Waals surface area contributed by atoms with E-state index in [-0.39, 0.29) is 11.6 Å². The Labute approximate surface area is 124 Å². The van der Waals surface area contributed by atoms with Crippen molar-refractivity contribution in [2.45, 2.75) is 38.1 Å². The first-order chi connectivity index (χ1) is 10.1. The number of carbonyl (C=O) groups excluding carboxylic acids is 1. The number of carboxylic acid groups (broad SMARTS) is 1. The summed E-state index contributed by atoms with van der Waals surface area (Å²) >= 11 is 0. The van der Waals surface area contributed by atoms with Gasteiger partial charge in [-0.15, -0.1) is 0 Å². The fourth-order valence-electron chi connectivity index (χ4n) is 3.35. The summed E-state index contributed by atoms with van der Waals surface area (Å²) < 4.78 is 0. The predicted molar refractivity (Wildman–Crippen MR) is 79.9 cm³/mol. The first-order valence-electron chi connectivity index (χ1n) is 7.48. The minimum absolute atomic E-state index is 0.0109. The number of benzene rings is 1. The quantitative estimate of drug-likeness (QED) is 0.910. The lowest BCUT2D eigenvalue weighted by Gasteiger charge is -2.29. The number of fused-ring (bicyclic) bond motifs is 1. The summed E-state index contributed by atoms with van der Waals surface area (Å²) in [7, 11) is 1.86. The van der Waals surface area contributed by atoms with E-state index in [1.807, 2.05) is 18.0 Å². The van der Waals surface area contributed by atoms with E-state index in [0.29, 0.717) is 12.6 Å². The van der Waals surface area contributed by atoms with Crippen molar-refractivity contribution in [1.29, 1.82) is 0 Å². The van der Waals surface area contributed by atoms with Crippen LogP contribution in [0.1, 0.15) is 41.6 Å². The number of carbonyl (C=O) groups is 2. The zero-order valence-electron chi connectivity index (χ0n) is 12.2. The molecule has 0 radical (unpaired) electrons. The van der Waals surface area contributed by atoms with E-state index in [0.717, 1.165) is 30.5 Å². The molecular weight excluding hydrogens is 268 g/mol. The second kappa shape index (κ2) is 5.39. The van der Waals surface area contributed by atoms with Gasteiger partial charge in [-0.3, -0.25) is 4.90 Å². The Morgan fingerprint density at radius 3 is 2.67 bits per heavy atom. The van der Waals surface area contributed by atoms with Crippen LogP contribution >= 0.6 is 0 Å². The average Bonchev–Trinajstić information content (AvgIpc) is 3.14. The molecule has 1 fully saturated rings. The number of nitrogens with zero attached hydrogens (tertiary/aromatic N) is 2. The number of hydrogen-bond donors (Lipinski definition) is 1. The van der Waals surface area contributed by atoms with Gasteiger partial charge in [-0.2, -0.15) is 0 Å². The van der Waals surface area contributed by atoms with Crippen LogP contribution < -0.4 is 4.90 Å². The summed E-state index contributed by atoms with van der Waals surface area (Å²) in [6.07, 6.45) is 5.29. The van der Waals surface area contributed by atoms with Gasteiger partial charge in [0.2, 0.25) is 0 Å². The number of anilines is 1. The molecule has 1 heterocycles. The van der Waals surface area contributed by atoms with E-state index in [1.54, 1.807) is 17.0 Å². The highest BCUT2D eigenvalue weighted by atomic mass is 16.4. The maximum Gasteiger partial charge on any atom is 0.335 e. The number of carboxylic acids is 1. The summed E-state index contributed by atoms with van der Waals surface area (Å²) in [4.78, 5) is 27.3. The normalized spacial score (nSPS) is 17.9. The molecule has 112 valence electrons. The first-order valence-corrected chi connectivity index (χ1v) is 7.48. The highest BCUT2D eigenvalue weighted by Gasteiger charge is 2.31. The van der Waals surface area contributed by atoms with Crippen molar-refractivity contribution in [2.24, 2.45) is 0 Å². The molecule has 5 nitrogen and oxygen atoms in total. The van der Waals surface area contributed by atoms with Crippen LogP contribution in [0.3, 0.4) is 0 Å². The Hall–Kier alpha value is -2.04. The largest absolute Gasteiger partial charge is 0.478 e. The van der Waals surface area contributed by atoms with Crippen molar-refractivity contribution in [2.75, 3.05) is 18.5 Å². The minimum Gasteiger partial charge on any atom is -0.478 e. The smallest absolute Gasteiger partial charge is 0.335 e. The molecule has 2 aliphatic rings. The molecule has 2 amide bonds. The first kappa shape index (κ1) is 13.9. The molecule has 21 heavy (non-hydrogen) atoms. The molecule has 1 aliphatic heterocycles. The Morgan fingerprint density at radius 2 is 2.00 bits per heavy atom. The lowest BCUT2D eigenvalue weighted by atomic mass is 10.1. The Morgan fingerprint density at radius 1 is 1.29 bits per heavy atom. The summed E-state index contributed by atoms with van der Waals surface area (Å²) in [5, 5.41) is 9.11. The Balaban J connectivity index is 1.84. The van der Waals surface area contributed by atoms with Crippen LogP contribution in [0.15, 0.2) is 18.2 Å². The molecule has 0 unspecified atom stereocenters. The second-order valence-electron chi connectivity index (χ2n) is 5.88. The second-order valence-corrected chi connectivity index (χ2v) is 5.88. The summed E-state index contributed by atoms with van der Waals surface area (Å²) in [5.74, 6) is -0.957. The van der Waals surface area contributed by atoms with Crippen molar-refractivity contribution in [3.8, 4) is 0 Å². The molecule has 0 atom stereocenters. The van der Waals surface area contributed by atoms with Crippen molar-refractivity contribution >= 4 is 17.7 Å². The van der Waals surface area contributed by atoms with E-state index in [9.17, 15) is 9.59 Å². The van der Waals surface area contributed by atoms with Crippen LogP contribution in [0.2, 0.25) is 0 Å². The maximum atomic E-state index is 12.7. The van der Waals surface area contributed by atoms with Crippen LogP contribution in [0.5, 0.6) is 0 Å². The van der Waals surface area contributed by atoms with Crippen LogP contribution in [-0.4, -0.2) is 41.6 Å². The van der Waals surface area contributed by atoms with E-state index >= 15 is 0 Å². The summed E-state index contributed by atoms with van der Waals surface area (Å²) in [6, 6.07) is 5.36. The standard InChI is InChI=1S/C16H20N2O3/c1-17(13-4-2-3-5-13)16(21)18-9-8-11-6-7-12(15(19)20)10-14(11)18/h6-7,10,13H,2-5,8-9H2,1H3,(H,19,20). The third-order valence-electron chi connectivity index (χ3n) is 4.63. The molecule has 0 aromatic heterocycles. The molecule has 1 aliphatic carbocycles. The number of urea groups is 1. The van der Waals surface area contributed by atoms with Crippen molar-refractivity contribution in [1.82, 2.24) is 4.90 Å². The maximum absolute atomic E-state index is 12.7. The molecule has 1 aromatic rings. The van der Waals surface area contributed by atoms with Gasteiger partial charge in [-0.1, -0.05) is 18.9 Å². The SMILES string of the molecule is CN(C(=O)N1CCc2ccc(C(=O)O)cc21)C1CCCC1. The van der Waals surface area contributed by atoms with Gasteiger partial charge in [-0.25, -0.2) is 9.59 Å². The number of rotatable bonds is 2. The monoisotopic (exact) mass is 288 g/mol. The topological polar surface area (TPSA) is 60.9 Å². The van der Waals surface area contributed by atoms with Gasteiger partial charge in [0, 0.05) is 25.3 Å². The fraction of sp³-hybridized carbons (Fsp3) is 0.500. The van der Waals surface area contributed by atoms with Gasteiger partial charge in [0.15, 0.2) is 0 Å². The molecule has 0 spiro atoms. The van der Waals surface area contributed by atoms with Gasteiger partial charge in [-0.05, 0) is 37.0 Å². The van der Waals surface area contributed by atoms with Gasteiger partial charge in [0.05, 0.1) is 5.56 Å². The third-order valence-corrected chi connectivity index (χ3v) is 4.63. The van der Waals surface area contributed by atoms with Crippen LogP contribution in [0.25, 0.3) is 0 Å². The van der Waals surface area contributed by atoms with Crippen LogP contribution in [-0.2, 0) is 6.42 Å². The zero-order chi connectivity index (χ0) is 15.0. The average molecular weight is 288 g/mol. The molecule has 1 saturated carbocycles. The number of aromatic carboxylic acids is 1. The lowest BCUT2D eigenvalue weighted by molar-refractivity contribution is 0.0697. The number of hydrogen-bond acceptors (Lipinski definition) is 2. The van der Waals surface area contributed by atoms with E-state index in [4.69, 9.17) is 5.11 Å².